The summed E-state index contributed by atoms with van der Waals surface area (Å²) in [5.41, 5.74) is 3.09. The lowest BCUT2D eigenvalue weighted by atomic mass is 10.0. The second-order valence-electron chi connectivity index (χ2n) is 6.61. The lowest BCUT2D eigenvalue weighted by Crippen LogP contribution is -2.18. The van der Waals surface area contributed by atoms with E-state index in [9.17, 15) is 4.79 Å². The number of hydrogen-bond acceptors (Lipinski definition) is 4. The predicted octanol–water partition coefficient (Wildman–Crippen LogP) is 3.93. The summed E-state index contributed by atoms with van der Waals surface area (Å²) in [4.78, 5) is 20.3. The van der Waals surface area contributed by atoms with Crippen molar-refractivity contribution in [1.29, 1.82) is 0 Å². The minimum Gasteiger partial charge on any atom is -0.381 e. The number of hydrogen-bond donors (Lipinski definition) is 1. The molecule has 1 aliphatic rings. The number of nitrogens with zero attached hydrogens (tertiary/aromatic N) is 1. The van der Waals surface area contributed by atoms with Gasteiger partial charge in [0.2, 0.25) is 0 Å². The Morgan fingerprint density at radius 1 is 1.08 bits per heavy atom. The van der Waals surface area contributed by atoms with E-state index in [0.29, 0.717) is 10.6 Å². The maximum atomic E-state index is 12.5. The van der Waals surface area contributed by atoms with Crippen LogP contribution >= 0.6 is 11.8 Å². The molecule has 0 aliphatic carbocycles. The van der Waals surface area contributed by atoms with Gasteiger partial charge in [-0.25, -0.2) is 4.98 Å². The monoisotopic (exact) mass is 366 g/mol. The molecule has 0 saturated carbocycles. The zero-order chi connectivity index (χ0) is 17.8. The van der Waals surface area contributed by atoms with Crippen molar-refractivity contribution in [2.24, 2.45) is 0 Å². The van der Waals surface area contributed by atoms with E-state index in [4.69, 9.17) is 9.72 Å². The van der Waals surface area contributed by atoms with E-state index in [-0.39, 0.29) is 5.56 Å². The van der Waals surface area contributed by atoms with Crippen LogP contribution in [-0.4, -0.2) is 28.4 Å². The average molecular weight is 366 g/mol. The zero-order valence-electron chi connectivity index (χ0n) is 14.6. The standard InChI is InChI=1S/C21H22N2O2S/c24-21-18-8-4-7-16(13-15-5-2-1-3-6-15)20(18)22-19(23-21)14-26-17-9-11-25-12-10-17/h1-8,17H,9-14H2,(H,22,23,24). The van der Waals surface area contributed by atoms with Gasteiger partial charge in [-0.15, -0.1) is 0 Å². The normalized spacial score (nSPS) is 15.4. The number of aromatic nitrogens is 2. The number of H-pyrrole nitrogens is 1. The molecule has 4 rings (SSSR count). The Balaban J connectivity index is 1.61. The molecule has 4 nitrogen and oxygen atoms in total. The fourth-order valence-electron chi connectivity index (χ4n) is 3.33. The first-order valence-corrected chi connectivity index (χ1v) is 10.1. The quantitative estimate of drug-likeness (QED) is 0.743. The number of nitrogens with one attached hydrogen (secondary N) is 1. The van der Waals surface area contributed by atoms with Crippen LogP contribution in [0, 0.1) is 0 Å². The van der Waals surface area contributed by atoms with E-state index < -0.39 is 0 Å². The summed E-state index contributed by atoms with van der Waals surface area (Å²) in [6.45, 7) is 1.67. The van der Waals surface area contributed by atoms with Gasteiger partial charge in [0.1, 0.15) is 5.82 Å². The Hall–Kier alpha value is -2.11. The number of ether oxygens (including phenoxy) is 1. The fraction of sp³-hybridized carbons (Fsp3) is 0.333. The van der Waals surface area contributed by atoms with Crippen LogP contribution in [0.2, 0.25) is 0 Å². The Kier molecular flexibility index (Phi) is 5.37. The Labute approximate surface area is 157 Å². The van der Waals surface area contributed by atoms with Gasteiger partial charge in [-0.3, -0.25) is 4.79 Å². The molecule has 0 unspecified atom stereocenters. The summed E-state index contributed by atoms with van der Waals surface area (Å²) in [5.74, 6) is 1.50. The highest BCUT2D eigenvalue weighted by molar-refractivity contribution is 7.99. The topological polar surface area (TPSA) is 55.0 Å². The molecule has 0 atom stereocenters. The van der Waals surface area contributed by atoms with E-state index in [1.807, 2.05) is 42.1 Å². The van der Waals surface area contributed by atoms with Gasteiger partial charge in [0.05, 0.1) is 16.7 Å². The van der Waals surface area contributed by atoms with Crippen molar-refractivity contribution < 1.29 is 4.74 Å². The van der Waals surface area contributed by atoms with Gasteiger partial charge < -0.3 is 9.72 Å². The molecule has 3 aromatic rings. The molecule has 1 N–H and O–H groups in total. The second kappa shape index (κ2) is 8.06. The number of para-hydroxylation sites is 1. The zero-order valence-corrected chi connectivity index (χ0v) is 15.4. The smallest absolute Gasteiger partial charge is 0.258 e. The van der Waals surface area contributed by atoms with Crippen molar-refractivity contribution in [3.05, 3.63) is 75.8 Å². The van der Waals surface area contributed by atoms with Crippen molar-refractivity contribution in [3.8, 4) is 0 Å². The third-order valence-corrected chi connectivity index (χ3v) is 6.11. The molecule has 0 amide bonds. The molecule has 0 spiro atoms. The Morgan fingerprint density at radius 2 is 1.88 bits per heavy atom. The Bertz CT molecular complexity index is 934. The minimum atomic E-state index is -0.0486. The van der Waals surface area contributed by atoms with Gasteiger partial charge in [0.25, 0.3) is 5.56 Å². The first-order valence-electron chi connectivity index (χ1n) is 9.03. The van der Waals surface area contributed by atoms with Gasteiger partial charge >= 0.3 is 0 Å². The van der Waals surface area contributed by atoms with Crippen LogP contribution in [0.5, 0.6) is 0 Å². The third-order valence-electron chi connectivity index (χ3n) is 4.73. The van der Waals surface area contributed by atoms with Crippen molar-refractivity contribution in [1.82, 2.24) is 9.97 Å². The molecule has 5 heteroatoms. The molecule has 1 fully saturated rings. The molecule has 2 aromatic carbocycles. The van der Waals surface area contributed by atoms with E-state index in [1.54, 1.807) is 0 Å². The van der Waals surface area contributed by atoms with E-state index in [0.717, 1.165) is 55.1 Å². The highest BCUT2D eigenvalue weighted by Crippen LogP contribution is 2.25. The lowest BCUT2D eigenvalue weighted by Gasteiger charge is -2.21. The first kappa shape index (κ1) is 17.3. The van der Waals surface area contributed by atoms with Gasteiger partial charge in [-0.2, -0.15) is 11.8 Å². The summed E-state index contributed by atoms with van der Waals surface area (Å²) in [6, 6.07) is 16.2. The first-order chi connectivity index (χ1) is 12.8. The molecule has 2 heterocycles. The van der Waals surface area contributed by atoms with Crippen LogP contribution in [0.1, 0.15) is 29.8 Å². The Morgan fingerprint density at radius 3 is 2.69 bits per heavy atom. The summed E-state index contributed by atoms with van der Waals surface area (Å²) in [6.07, 6.45) is 2.92. The van der Waals surface area contributed by atoms with E-state index in [2.05, 4.69) is 23.2 Å². The molecule has 134 valence electrons. The van der Waals surface area contributed by atoms with Crippen molar-refractivity contribution in [3.63, 3.8) is 0 Å². The molecular weight excluding hydrogens is 344 g/mol. The van der Waals surface area contributed by atoms with Gasteiger partial charge in [-0.05, 0) is 36.5 Å². The maximum Gasteiger partial charge on any atom is 0.258 e. The summed E-state index contributed by atoms with van der Waals surface area (Å²) < 4.78 is 5.41. The number of fused-ring (bicyclic) bond motifs is 1. The highest BCUT2D eigenvalue weighted by Gasteiger charge is 2.15. The summed E-state index contributed by atoms with van der Waals surface area (Å²) in [5, 5.41) is 1.25. The third kappa shape index (κ3) is 4.00. The number of aromatic amines is 1. The summed E-state index contributed by atoms with van der Waals surface area (Å²) in [7, 11) is 0. The number of thioether (sulfide) groups is 1. The highest BCUT2D eigenvalue weighted by atomic mass is 32.2. The number of rotatable bonds is 5. The largest absolute Gasteiger partial charge is 0.381 e. The van der Waals surface area contributed by atoms with Gasteiger partial charge in [-0.1, -0.05) is 42.5 Å². The van der Waals surface area contributed by atoms with Crippen LogP contribution < -0.4 is 5.56 Å². The minimum absolute atomic E-state index is 0.0486. The van der Waals surface area contributed by atoms with Crippen molar-refractivity contribution in [2.75, 3.05) is 13.2 Å². The fourth-order valence-corrected chi connectivity index (χ4v) is 4.39. The van der Waals surface area contributed by atoms with Crippen molar-refractivity contribution in [2.45, 2.75) is 30.3 Å². The predicted molar refractivity (Wildman–Crippen MR) is 107 cm³/mol. The van der Waals surface area contributed by atoms with Crippen molar-refractivity contribution >= 4 is 22.7 Å². The van der Waals surface area contributed by atoms with Crippen LogP contribution in [-0.2, 0) is 16.9 Å². The van der Waals surface area contributed by atoms with E-state index in [1.165, 1.54) is 5.56 Å². The van der Waals surface area contributed by atoms with E-state index >= 15 is 0 Å². The molecule has 1 aliphatic heterocycles. The average Bonchev–Trinajstić information content (AvgIpc) is 2.69. The van der Waals surface area contributed by atoms with Gasteiger partial charge in [0, 0.05) is 18.5 Å². The molecule has 26 heavy (non-hydrogen) atoms. The number of benzene rings is 2. The van der Waals surface area contributed by atoms with Gasteiger partial charge in [0.15, 0.2) is 0 Å². The molecule has 0 bridgehead atoms. The van der Waals surface area contributed by atoms with Crippen LogP contribution in [0.3, 0.4) is 0 Å². The van der Waals surface area contributed by atoms with Crippen LogP contribution in [0.4, 0.5) is 0 Å². The second-order valence-corrected chi connectivity index (χ2v) is 7.90. The lowest BCUT2D eigenvalue weighted by molar-refractivity contribution is 0.1000. The molecule has 1 saturated heterocycles. The molecule has 1 aromatic heterocycles. The SMILES string of the molecule is O=c1[nH]c(CSC2CCOCC2)nc2c(Cc3ccccc3)cccc12. The maximum absolute atomic E-state index is 12.5. The van der Waals surface area contributed by atoms with Crippen LogP contribution in [0.15, 0.2) is 53.3 Å². The summed E-state index contributed by atoms with van der Waals surface area (Å²) >= 11 is 1.86. The molecule has 0 radical (unpaired) electrons. The van der Waals surface area contributed by atoms with Crippen LogP contribution in [0.25, 0.3) is 10.9 Å². The molecular formula is C21H22N2O2S.